The Hall–Kier alpha value is -0.990. The molecule has 0 radical (unpaired) electrons. The highest BCUT2D eigenvalue weighted by Gasteiger charge is 2.28. The molecule has 2 N–H and O–H groups in total. The summed E-state index contributed by atoms with van der Waals surface area (Å²) in [6.45, 7) is -0.579. The van der Waals surface area contributed by atoms with E-state index in [0.717, 1.165) is 4.31 Å². The summed E-state index contributed by atoms with van der Waals surface area (Å²) in [5, 5.41) is 0.409. The van der Waals surface area contributed by atoms with E-state index in [-0.39, 0.29) is 25.7 Å². The molecule has 1 amide bonds. The van der Waals surface area contributed by atoms with Gasteiger partial charge in [-0.05, 0) is 36.4 Å². The van der Waals surface area contributed by atoms with Gasteiger partial charge in [0.2, 0.25) is 5.91 Å². The molecule has 0 aliphatic carbocycles. The van der Waals surface area contributed by atoms with Crippen LogP contribution >= 0.6 is 50.7 Å². The van der Waals surface area contributed by atoms with Gasteiger partial charge in [-0.15, -0.1) is 0 Å². The van der Waals surface area contributed by atoms with E-state index in [1.807, 2.05) is 0 Å². The molecule has 0 aliphatic rings. The van der Waals surface area contributed by atoms with Crippen LogP contribution in [0.25, 0.3) is 0 Å². The highest BCUT2D eigenvalue weighted by Crippen LogP contribution is 2.34. The van der Waals surface area contributed by atoms with Crippen molar-refractivity contribution in [2.24, 2.45) is 5.73 Å². The molecule has 24 heavy (non-hydrogen) atoms. The maximum atomic E-state index is 12.9. The third-order valence-corrected chi connectivity index (χ3v) is 6.25. The molecule has 0 saturated carbocycles. The monoisotopic (exact) mass is 470 g/mol. The topological polar surface area (TPSA) is 80.5 Å². The quantitative estimate of drug-likeness (QED) is 0.712. The molecule has 0 saturated heterocycles. The van der Waals surface area contributed by atoms with Gasteiger partial charge in [-0.2, -0.15) is 0 Å². The fraction of sp³-hybridized carbons (Fsp3) is 0.0714. The number of hydrogen-bond acceptors (Lipinski definition) is 3. The third-order valence-electron chi connectivity index (χ3n) is 2.96. The van der Waals surface area contributed by atoms with Crippen molar-refractivity contribution in [3.63, 3.8) is 0 Å². The predicted molar refractivity (Wildman–Crippen MR) is 99.3 cm³/mol. The summed E-state index contributed by atoms with van der Waals surface area (Å²) in [6, 6.07) is 8.39. The molecular weight excluding hydrogens is 462 g/mol. The standard InChI is InChI=1S/C14H10BrCl3N2O3S/c15-8-1-4-13(12(18)5-8)20(7-14(19)21)24(22,23)9-2-3-10(16)11(17)6-9/h1-6H,7H2,(H2,19,21). The molecule has 2 rings (SSSR count). The highest BCUT2D eigenvalue weighted by atomic mass is 79.9. The number of carbonyl (C=O) groups excluding carboxylic acids is 1. The number of carbonyl (C=O) groups is 1. The zero-order valence-corrected chi connectivity index (χ0v) is 16.5. The molecule has 128 valence electrons. The lowest BCUT2D eigenvalue weighted by Crippen LogP contribution is -2.38. The van der Waals surface area contributed by atoms with E-state index in [1.165, 1.54) is 30.3 Å². The van der Waals surface area contributed by atoms with E-state index in [4.69, 9.17) is 40.5 Å². The Morgan fingerprint density at radius 1 is 1.04 bits per heavy atom. The number of sulfonamides is 1. The molecule has 0 fully saturated rings. The summed E-state index contributed by atoms with van der Waals surface area (Å²) in [5.41, 5.74) is 5.31. The predicted octanol–water partition coefficient (Wildman–Crippen LogP) is 4.09. The van der Waals surface area contributed by atoms with Gasteiger partial charge in [0.05, 0.1) is 25.7 Å². The van der Waals surface area contributed by atoms with Crippen LogP contribution in [0.2, 0.25) is 15.1 Å². The smallest absolute Gasteiger partial charge is 0.264 e. The minimum atomic E-state index is -4.13. The van der Waals surface area contributed by atoms with Crippen LogP contribution in [0.15, 0.2) is 45.8 Å². The van der Waals surface area contributed by atoms with Gasteiger partial charge in [-0.1, -0.05) is 50.7 Å². The minimum absolute atomic E-state index is 0.0682. The summed E-state index contributed by atoms with van der Waals surface area (Å²) in [6.07, 6.45) is 0. The Morgan fingerprint density at radius 3 is 2.25 bits per heavy atom. The second-order valence-electron chi connectivity index (χ2n) is 4.65. The molecule has 2 aromatic carbocycles. The number of nitrogens with zero attached hydrogens (tertiary/aromatic N) is 1. The van der Waals surface area contributed by atoms with Crippen molar-refractivity contribution in [1.82, 2.24) is 0 Å². The number of nitrogens with two attached hydrogens (primary N) is 1. The Kier molecular flexibility index (Phi) is 6.04. The Balaban J connectivity index is 2.61. The number of rotatable bonds is 5. The number of anilines is 1. The SMILES string of the molecule is NC(=O)CN(c1ccc(Br)cc1Cl)S(=O)(=O)c1ccc(Cl)c(Cl)c1. The van der Waals surface area contributed by atoms with Gasteiger partial charge >= 0.3 is 0 Å². The fourth-order valence-electron chi connectivity index (χ4n) is 1.89. The lowest BCUT2D eigenvalue weighted by atomic mass is 10.3. The Bertz CT molecular complexity index is 906. The van der Waals surface area contributed by atoms with E-state index in [9.17, 15) is 13.2 Å². The van der Waals surface area contributed by atoms with E-state index < -0.39 is 22.5 Å². The van der Waals surface area contributed by atoms with Crippen molar-refractivity contribution < 1.29 is 13.2 Å². The van der Waals surface area contributed by atoms with Crippen molar-refractivity contribution in [3.05, 3.63) is 55.9 Å². The molecule has 0 unspecified atom stereocenters. The first-order valence-corrected chi connectivity index (χ1v) is 9.71. The zero-order chi connectivity index (χ0) is 18.1. The minimum Gasteiger partial charge on any atom is -0.368 e. The molecule has 0 bridgehead atoms. The van der Waals surface area contributed by atoms with Gasteiger partial charge in [0, 0.05) is 4.47 Å². The van der Waals surface area contributed by atoms with Crippen LogP contribution in [-0.2, 0) is 14.8 Å². The molecule has 0 atom stereocenters. The average molecular weight is 473 g/mol. The van der Waals surface area contributed by atoms with Crippen LogP contribution < -0.4 is 10.0 Å². The second-order valence-corrected chi connectivity index (χ2v) is 8.65. The van der Waals surface area contributed by atoms with Crippen LogP contribution in [0.5, 0.6) is 0 Å². The van der Waals surface area contributed by atoms with Gasteiger partial charge in [0.1, 0.15) is 6.54 Å². The summed E-state index contributed by atoms with van der Waals surface area (Å²) >= 11 is 21.1. The van der Waals surface area contributed by atoms with Gasteiger partial charge in [-0.3, -0.25) is 9.10 Å². The van der Waals surface area contributed by atoms with Gasteiger partial charge in [0.15, 0.2) is 0 Å². The number of halogens is 4. The van der Waals surface area contributed by atoms with E-state index >= 15 is 0 Å². The lowest BCUT2D eigenvalue weighted by Gasteiger charge is -2.24. The maximum absolute atomic E-state index is 12.9. The number of hydrogen-bond donors (Lipinski definition) is 1. The lowest BCUT2D eigenvalue weighted by molar-refractivity contribution is -0.116. The van der Waals surface area contributed by atoms with E-state index in [1.54, 1.807) is 6.07 Å². The normalized spacial score (nSPS) is 11.3. The van der Waals surface area contributed by atoms with Gasteiger partial charge in [-0.25, -0.2) is 8.42 Å². The highest BCUT2D eigenvalue weighted by molar-refractivity contribution is 9.10. The second kappa shape index (κ2) is 7.49. The summed E-state index contributed by atoms with van der Waals surface area (Å²) in [5.74, 6) is -0.836. The summed E-state index contributed by atoms with van der Waals surface area (Å²) in [4.78, 5) is 11.2. The fourth-order valence-corrected chi connectivity index (χ4v) is 4.55. The molecule has 0 aromatic heterocycles. The third kappa shape index (κ3) is 4.15. The van der Waals surface area contributed by atoms with E-state index in [2.05, 4.69) is 15.9 Å². The van der Waals surface area contributed by atoms with Gasteiger partial charge in [0.25, 0.3) is 10.0 Å². The van der Waals surface area contributed by atoms with Crippen molar-refractivity contribution in [2.45, 2.75) is 4.90 Å². The molecule has 0 heterocycles. The first-order chi connectivity index (χ1) is 11.1. The number of benzene rings is 2. The molecular formula is C14H10BrCl3N2O3S. The molecule has 5 nitrogen and oxygen atoms in total. The molecule has 0 spiro atoms. The van der Waals surface area contributed by atoms with E-state index in [0.29, 0.717) is 4.47 Å². The van der Waals surface area contributed by atoms with Crippen LogP contribution in [0, 0.1) is 0 Å². The van der Waals surface area contributed by atoms with Crippen molar-refractivity contribution in [3.8, 4) is 0 Å². The van der Waals surface area contributed by atoms with Crippen LogP contribution in [0.3, 0.4) is 0 Å². The van der Waals surface area contributed by atoms with Crippen LogP contribution in [0.1, 0.15) is 0 Å². The summed E-state index contributed by atoms with van der Waals surface area (Å²) in [7, 11) is -4.13. The molecule has 10 heteroatoms. The Morgan fingerprint density at radius 2 is 1.71 bits per heavy atom. The zero-order valence-electron chi connectivity index (χ0n) is 11.8. The Labute approximate surface area is 162 Å². The van der Waals surface area contributed by atoms with Crippen molar-refractivity contribution in [2.75, 3.05) is 10.8 Å². The van der Waals surface area contributed by atoms with Crippen molar-refractivity contribution >= 4 is 72.4 Å². The molecule has 2 aromatic rings. The largest absolute Gasteiger partial charge is 0.368 e. The number of amides is 1. The summed E-state index contributed by atoms with van der Waals surface area (Å²) < 4.78 is 27.3. The van der Waals surface area contributed by atoms with Crippen molar-refractivity contribution in [1.29, 1.82) is 0 Å². The molecule has 0 aliphatic heterocycles. The first kappa shape index (κ1) is 19.3. The number of primary amides is 1. The van der Waals surface area contributed by atoms with Gasteiger partial charge < -0.3 is 5.73 Å². The van der Waals surface area contributed by atoms with Crippen LogP contribution in [0.4, 0.5) is 5.69 Å². The van der Waals surface area contributed by atoms with Crippen LogP contribution in [-0.4, -0.2) is 20.9 Å². The average Bonchev–Trinajstić information content (AvgIpc) is 2.48. The first-order valence-electron chi connectivity index (χ1n) is 6.34. The maximum Gasteiger partial charge on any atom is 0.264 e.